The molecule has 0 fully saturated rings. The van der Waals surface area contributed by atoms with Crippen LogP contribution in [0.2, 0.25) is 5.02 Å². The molecule has 0 N–H and O–H groups in total. The molecular weight excluding hydrogens is 241 g/mol. The zero-order chi connectivity index (χ0) is 11.4. The molecule has 0 aromatic carbocycles. The summed E-state index contributed by atoms with van der Waals surface area (Å²) in [5.74, 6) is -0.691. The van der Waals surface area contributed by atoms with Crippen molar-refractivity contribution >= 4 is 29.3 Å². The number of carbonyl (C=O) groups is 1. The topological polar surface area (TPSA) is 39.2 Å². The Labute approximate surface area is 96.0 Å². The van der Waals surface area contributed by atoms with Gasteiger partial charge in [-0.15, -0.1) is 11.8 Å². The van der Waals surface area contributed by atoms with Crippen molar-refractivity contribution in [1.29, 1.82) is 0 Å². The number of halogens is 2. The first kappa shape index (κ1) is 12.3. The molecule has 0 unspecified atom stereocenters. The first-order valence-electron chi connectivity index (χ1n) is 4.16. The lowest BCUT2D eigenvalue weighted by Gasteiger charge is -2.05. The van der Waals surface area contributed by atoms with Gasteiger partial charge < -0.3 is 4.74 Å². The highest BCUT2D eigenvalue weighted by Crippen LogP contribution is 2.27. The monoisotopic (exact) mass is 249 g/mol. The number of methoxy groups -OCH3 is 1. The Balaban J connectivity index is 3.15. The fourth-order valence-electron chi connectivity index (χ4n) is 0.938. The predicted molar refractivity (Wildman–Crippen MR) is 56.9 cm³/mol. The van der Waals surface area contributed by atoms with Gasteiger partial charge in [-0.3, -0.25) is 0 Å². The molecule has 0 aliphatic heterocycles. The predicted octanol–water partition coefficient (Wildman–Crippen LogP) is 2.77. The first-order valence-corrected chi connectivity index (χ1v) is 5.53. The van der Waals surface area contributed by atoms with E-state index >= 15 is 0 Å². The summed E-state index contributed by atoms with van der Waals surface area (Å²) < 4.78 is 18.0. The van der Waals surface area contributed by atoms with Crippen molar-refractivity contribution in [3.05, 3.63) is 22.6 Å². The number of hydrogen-bond acceptors (Lipinski definition) is 4. The molecule has 0 amide bonds. The van der Waals surface area contributed by atoms with Gasteiger partial charge in [-0.1, -0.05) is 18.5 Å². The van der Waals surface area contributed by atoms with E-state index in [-0.39, 0.29) is 15.6 Å². The van der Waals surface area contributed by atoms with Crippen LogP contribution in [0.3, 0.4) is 0 Å². The highest BCUT2D eigenvalue weighted by Gasteiger charge is 2.18. The lowest BCUT2D eigenvalue weighted by atomic mass is 10.3. The van der Waals surface area contributed by atoms with Gasteiger partial charge >= 0.3 is 5.97 Å². The maximum absolute atomic E-state index is 13.5. The maximum atomic E-state index is 13.5. The molecule has 6 heteroatoms. The summed E-state index contributed by atoms with van der Waals surface area (Å²) in [4.78, 5) is 14.9. The Bertz CT molecular complexity index is 387. The largest absolute Gasteiger partial charge is 0.465 e. The molecule has 1 aromatic rings. The van der Waals surface area contributed by atoms with E-state index in [1.54, 1.807) is 0 Å². The number of aromatic nitrogens is 1. The van der Waals surface area contributed by atoms with Gasteiger partial charge in [0.25, 0.3) is 0 Å². The van der Waals surface area contributed by atoms with Crippen molar-refractivity contribution in [3.8, 4) is 0 Å². The number of rotatable bonds is 3. The van der Waals surface area contributed by atoms with Crippen LogP contribution < -0.4 is 0 Å². The normalized spacial score (nSPS) is 10.1. The molecule has 0 atom stereocenters. The first-order chi connectivity index (χ1) is 7.11. The molecule has 3 nitrogen and oxygen atoms in total. The summed E-state index contributed by atoms with van der Waals surface area (Å²) in [6, 6.07) is 0. The number of esters is 1. The molecule has 0 saturated carbocycles. The van der Waals surface area contributed by atoms with E-state index in [2.05, 4.69) is 9.72 Å². The molecule has 1 rings (SSSR count). The van der Waals surface area contributed by atoms with Crippen molar-refractivity contribution in [3.63, 3.8) is 0 Å². The molecule has 0 saturated heterocycles. The number of ether oxygens (including phenoxy) is 1. The second kappa shape index (κ2) is 5.32. The van der Waals surface area contributed by atoms with Crippen LogP contribution in [0.4, 0.5) is 4.39 Å². The third kappa shape index (κ3) is 2.60. The Morgan fingerprint density at radius 2 is 2.40 bits per heavy atom. The highest BCUT2D eigenvalue weighted by molar-refractivity contribution is 7.99. The molecule has 0 aliphatic carbocycles. The second-order valence-electron chi connectivity index (χ2n) is 2.53. The van der Waals surface area contributed by atoms with Crippen molar-refractivity contribution < 1.29 is 13.9 Å². The number of nitrogens with zero attached hydrogens (tertiary/aromatic N) is 1. The Kier molecular flexibility index (Phi) is 4.35. The van der Waals surface area contributed by atoms with Gasteiger partial charge in [0.15, 0.2) is 5.82 Å². The second-order valence-corrected chi connectivity index (χ2v) is 4.16. The van der Waals surface area contributed by atoms with Crippen LogP contribution in [-0.2, 0) is 4.74 Å². The fraction of sp³-hybridized carbons (Fsp3) is 0.333. The SMILES string of the molecule is CCSc1ncc(C(=O)OC)c(Cl)c1F. The van der Waals surface area contributed by atoms with Gasteiger partial charge in [-0.2, -0.15) is 0 Å². The van der Waals surface area contributed by atoms with Gasteiger partial charge in [0.2, 0.25) is 0 Å². The average molecular weight is 250 g/mol. The Morgan fingerprint density at radius 3 is 2.93 bits per heavy atom. The quantitative estimate of drug-likeness (QED) is 0.610. The van der Waals surface area contributed by atoms with Gasteiger partial charge in [0.05, 0.1) is 17.7 Å². The van der Waals surface area contributed by atoms with Crippen molar-refractivity contribution in [2.24, 2.45) is 0 Å². The minimum absolute atomic E-state index is 0.0582. The van der Waals surface area contributed by atoms with E-state index in [9.17, 15) is 9.18 Å². The third-order valence-corrected chi connectivity index (χ3v) is 2.83. The fourth-order valence-corrected chi connectivity index (χ4v) is 1.84. The van der Waals surface area contributed by atoms with Gasteiger partial charge in [0, 0.05) is 6.20 Å². The lowest BCUT2D eigenvalue weighted by Crippen LogP contribution is -2.05. The number of thioether (sulfide) groups is 1. The Hall–Kier alpha value is -0.810. The standard InChI is InChI=1S/C9H9ClFNO2S/c1-3-15-8-7(11)6(10)5(4-12-8)9(13)14-2/h4H,3H2,1-2H3. The molecule has 0 radical (unpaired) electrons. The summed E-state index contributed by atoms with van der Waals surface area (Å²) in [7, 11) is 1.20. The summed E-state index contributed by atoms with van der Waals surface area (Å²) in [5, 5.41) is -0.0528. The third-order valence-electron chi connectivity index (χ3n) is 1.61. The molecular formula is C9H9ClFNO2S. The van der Waals surface area contributed by atoms with Crippen LogP contribution in [0.15, 0.2) is 11.2 Å². The number of hydrogen-bond donors (Lipinski definition) is 0. The molecule has 15 heavy (non-hydrogen) atoms. The maximum Gasteiger partial charge on any atom is 0.341 e. The van der Waals surface area contributed by atoms with Gasteiger partial charge in [-0.05, 0) is 5.75 Å². The Morgan fingerprint density at radius 1 is 1.73 bits per heavy atom. The molecule has 0 aliphatic rings. The van der Waals surface area contributed by atoms with Crippen molar-refractivity contribution in [2.75, 3.05) is 12.9 Å². The van der Waals surface area contributed by atoms with Crippen molar-refractivity contribution in [2.45, 2.75) is 11.9 Å². The van der Waals surface area contributed by atoms with E-state index in [4.69, 9.17) is 11.6 Å². The van der Waals surface area contributed by atoms with E-state index in [1.807, 2.05) is 6.92 Å². The average Bonchev–Trinajstić information content (AvgIpc) is 2.24. The van der Waals surface area contributed by atoms with Gasteiger partial charge in [-0.25, -0.2) is 14.2 Å². The van der Waals surface area contributed by atoms with Crippen molar-refractivity contribution in [1.82, 2.24) is 4.98 Å². The zero-order valence-corrected chi connectivity index (χ0v) is 9.78. The summed E-state index contributed by atoms with van der Waals surface area (Å²) in [5.41, 5.74) is -0.0582. The molecule has 82 valence electrons. The van der Waals surface area contributed by atoms with Crippen LogP contribution in [0.5, 0.6) is 0 Å². The zero-order valence-electron chi connectivity index (χ0n) is 8.21. The van der Waals surface area contributed by atoms with Crippen LogP contribution >= 0.6 is 23.4 Å². The van der Waals surface area contributed by atoms with Crippen LogP contribution in [0.25, 0.3) is 0 Å². The van der Waals surface area contributed by atoms with Gasteiger partial charge in [0.1, 0.15) is 5.03 Å². The molecule has 1 heterocycles. The minimum atomic E-state index is -0.695. The minimum Gasteiger partial charge on any atom is -0.465 e. The summed E-state index contributed by atoms with van der Waals surface area (Å²) in [6.45, 7) is 1.87. The van der Waals surface area contributed by atoms with E-state index in [0.717, 1.165) is 0 Å². The molecule has 0 bridgehead atoms. The molecule has 0 spiro atoms. The van der Waals surface area contributed by atoms with E-state index in [1.165, 1.54) is 25.1 Å². The van der Waals surface area contributed by atoms with Crippen LogP contribution in [0.1, 0.15) is 17.3 Å². The summed E-state index contributed by atoms with van der Waals surface area (Å²) >= 11 is 6.90. The number of carbonyl (C=O) groups excluding carboxylic acids is 1. The van der Waals surface area contributed by atoms with E-state index < -0.39 is 11.8 Å². The van der Waals surface area contributed by atoms with E-state index in [0.29, 0.717) is 5.75 Å². The molecule has 1 aromatic heterocycles. The summed E-state index contributed by atoms with van der Waals surface area (Å²) in [6.07, 6.45) is 1.22. The van der Waals surface area contributed by atoms with Crippen LogP contribution in [-0.4, -0.2) is 23.8 Å². The van der Waals surface area contributed by atoms with Crippen LogP contribution in [0, 0.1) is 5.82 Å². The lowest BCUT2D eigenvalue weighted by molar-refractivity contribution is 0.0599. The highest BCUT2D eigenvalue weighted by atomic mass is 35.5. The number of pyridine rings is 1. The smallest absolute Gasteiger partial charge is 0.341 e.